The fourth-order valence-electron chi connectivity index (χ4n) is 3.26. The number of carbonyl (C=O) groups is 1. The summed E-state index contributed by atoms with van der Waals surface area (Å²) < 4.78 is 12.3. The van der Waals surface area contributed by atoms with Crippen molar-refractivity contribution in [2.24, 2.45) is 5.92 Å². The van der Waals surface area contributed by atoms with Crippen molar-refractivity contribution in [1.82, 2.24) is 5.32 Å². The molecular weight excluding hydrogens is 325 g/mol. The summed E-state index contributed by atoms with van der Waals surface area (Å²) in [4.78, 5) is 12.3. The van der Waals surface area contributed by atoms with Crippen molar-refractivity contribution in [2.75, 3.05) is 0 Å². The zero-order chi connectivity index (χ0) is 18.9. The fourth-order valence-corrected chi connectivity index (χ4v) is 3.26. The van der Waals surface area contributed by atoms with E-state index in [4.69, 9.17) is 9.31 Å². The molecule has 1 fully saturated rings. The second-order valence-corrected chi connectivity index (χ2v) is 8.26. The van der Waals surface area contributed by atoms with Crippen LogP contribution in [0.4, 0.5) is 0 Å². The highest BCUT2D eigenvalue weighted by atomic mass is 16.7. The predicted molar refractivity (Wildman–Crippen MR) is 104 cm³/mol. The largest absolute Gasteiger partial charge is 0.490 e. The van der Waals surface area contributed by atoms with E-state index in [0.29, 0.717) is 6.42 Å². The molecule has 2 aliphatic rings. The summed E-state index contributed by atoms with van der Waals surface area (Å²) in [5.41, 5.74) is 2.41. The Morgan fingerprint density at radius 3 is 2.31 bits per heavy atom. The quantitative estimate of drug-likeness (QED) is 0.837. The van der Waals surface area contributed by atoms with E-state index in [0.717, 1.165) is 23.2 Å². The molecule has 1 aromatic rings. The smallest absolute Gasteiger partial charge is 0.400 e. The van der Waals surface area contributed by atoms with Gasteiger partial charge in [-0.2, -0.15) is 0 Å². The average Bonchev–Trinajstić information content (AvgIpc) is 2.76. The summed E-state index contributed by atoms with van der Waals surface area (Å²) in [5.74, 6) is 0.267. The Morgan fingerprint density at radius 1 is 1.12 bits per heavy atom. The van der Waals surface area contributed by atoms with E-state index in [1.54, 1.807) is 0 Å². The Morgan fingerprint density at radius 2 is 1.73 bits per heavy atom. The van der Waals surface area contributed by atoms with Gasteiger partial charge >= 0.3 is 7.12 Å². The second kappa shape index (κ2) is 7.05. The molecule has 0 bridgehead atoms. The lowest BCUT2D eigenvalue weighted by atomic mass is 9.68. The van der Waals surface area contributed by atoms with Crippen molar-refractivity contribution >= 4 is 13.0 Å². The van der Waals surface area contributed by atoms with Gasteiger partial charge in [0.2, 0.25) is 5.91 Å². The molecule has 1 saturated heterocycles. The second-order valence-electron chi connectivity index (χ2n) is 8.26. The van der Waals surface area contributed by atoms with Gasteiger partial charge in [0.1, 0.15) is 0 Å². The number of allylic oxidation sites excluding steroid dienone is 4. The van der Waals surface area contributed by atoms with Crippen LogP contribution in [0.2, 0.25) is 0 Å². The van der Waals surface area contributed by atoms with Crippen molar-refractivity contribution in [3.8, 4) is 0 Å². The lowest BCUT2D eigenvalue weighted by molar-refractivity contribution is -0.119. The minimum Gasteiger partial charge on any atom is -0.400 e. The topological polar surface area (TPSA) is 47.6 Å². The fraction of sp³-hybridized carbons (Fsp3) is 0.476. The van der Waals surface area contributed by atoms with Crippen LogP contribution in [0.25, 0.3) is 0 Å². The number of amides is 1. The van der Waals surface area contributed by atoms with Crippen LogP contribution < -0.4 is 5.32 Å². The molecule has 0 spiro atoms. The first-order valence-corrected chi connectivity index (χ1v) is 9.28. The Balaban J connectivity index is 1.65. The number of carbonyl (C=O) groups excluding carboxylic acids is 1. The molecule has 26 heavy (non-hydrogen) atoms. The molecule has 1 amide bonds. The van der Waals surface area contributed by atoms with Crippen LogP contribution in [0.1, 0.15) is 46.6 Å². The zero-order valence-corrected chi connectivity index (χ0v) is 16.3. The molecule has 1 heterocycles. The zero-order valence-electron chi connectivity index (χ0n) is 16.3. The van der Waals surface area contributed by atoms with Gasteiger partial charge in [-0.15, -0.1) is 0 Å². The summed E-state index contributed by atoms with van der Waals surface area (Å²) in [5, 5.41) is 3.04. The molecule has 3 rings (SSSR count). The van der Waals surface area contributed by atoms with Crippen molar-refractivity contribution in [3.05, 3.63) is 59.2 Å². The molecule has 5 heteroatoms. The van der Waals surface area contributed by atoms with Gasteiger partial charge in [-0.3, -0.25) is 4.79 Å². The maximum Gasteiger partial charge on any atom is 0.490 e. The molecule has 4 nitrogen and oxygen atoms in total. The van der Waals surface area contributed by atoms with Crippen LogP contribution in [0, 0.1) is 5.92 Å². The first kappa shape index (κ1) is 18.9. The molecule has 0 saturated carbocycles. The van der Waals surface area contributed by atoms with Crippen molar-refractivity contribution in [3.63, 3.8) is 0 Å². The van der Waals surface area contributed by atoms with Gasteiger partial charge in [-0.1, -0.05) is 43.3 Å². The Bertz CT molecular complexity index is 721. The molecule has 1 aromatic carbocycles. The molecule has 1 aliphatic heterocycles. The standard InChI is InChI=1S/C21H28BNO3/c1-15-13-17(23-19(24)14-16-9-7-6-8-10-16)11-12-18(15)22-25-20(2,3)21(4,5)26-22/h6-12,15H,13-14H2,1-5H3,(H,23,24). The van der Waals surface area contributed by atoms with Crippen LogP contribution >= 0.6 is 0 Å². The van der Waals surface area contributed by atoms with Gasteiger partial charge in [0, 0.05) is 5.70 Å². The van der Waals surface area contributed by atoms with Crippen molar-refractivity contribution < 1.29 is 14.1 Å². The van der Waals surface area contributed by atoms with Crippen LogP contribution in [0.5, 0.6) is 0 Å². The van der Waals surface area contributed by atoms with Crippen molar-refractivity contribution in [2.45, 2.75) is 58.7 Å². The van der Waals surface area contributed by atoms with Gasteiger partial charge in [0.15, 0.2) is 0 Å². The predicted octanol–water partition coefficient (Wildman–Crippen LogP) is 3.83. The molecule has 0 radical (unpaired) electrons. The van der Waals surface area contributed by atoms with Crippen LogP contribution in [-0.4, -0.2) is 24.2 Å². The Kier molecular flexibility index (Phi) is 5.13. The van der Waals surface area contributed by atoms with E-state index < -0.39 is 0 Å². The summed E-state index contributed by atoms with van der Waals surface area (Å²) in [6.07, 6.45) is 5.18. The molecular formula is C21H28BNO3. The van der Waals surface area contributed by atoms with E-state index in [1.165, 1.54) is 0 Å². The summed E-state index contributed by atoms with van der Waals surface area (Å²) in [7, 11) is -0.326. The van der Waals surface area contributed by atoms with E-state index in [2.05, 4.69) is 39.9 Å². The van der Waals surface area contributed by atoms with Crippen LogP contribution in [0.3, 0.4) is 0 Å². The normalized spacial score (nSPS) is 24.0. The van der Waals surface area contributed by atoms with E-state index in [9.17, 15) is 4.79 Å². The van der Waals surface area contributed by atoms with Gasteiger partial charge in [-0.25, -0.2) is 0 Å². The van der Waals surface area contributed by atoms with Gasteiger partial charge in [-0.05, 0) is 57.1 Å². The van der Waals surface area contributed by atoms with E-state index in [1.807, 2.05) is 42.5 Å². The molecule has 1 unspecified atom stereocenters. The van der Waals surface area contributed by atoms with Gasteiger partial charge < -0.3 is 14.6 Å². The van der Waals surface area contributed by atoms with Crippen molar-refractivity contribution in [1.29, 1.82) is 0 Å². The first-order valence-electron chi connectivity index (χ1n) is 9.28. The first-order chi connectivity index (χ1) is 12.2. The highest BCUT2D eigenvalue weighted by Crippen LogP contribution is 2.41. The molecule has 1 aliphatic carbocycles. The monoisotopic (exact) mass is 353 g/mol. The maximum absolute atomic E-state index is 12.3. The minimum atomic E-state index is -0.341. The summed E-state index contributed by atoms with van der Waals surface area (Å²) >= 11 is 0. The Hall–Kier alpha value is -1.85. The van der Waals surface area contributed by atoms with E-state index >= 15 is 0 Å². The highest BCUT2D eigenvalue weighted by Gasteiger charge is 2.53. The van der Waals surface area contributed by atoms with Crippen LogP contribution in [0.15, 0.2) is 53.7 Å². The van der Waals surface area contributed by atoms with Gasteiger partial charge in [0.05, 0.1) is 17.6 Å². The van der Waals surface area contributed by atoms with Crippen LogP contribution in [-0.2, 0) is 20.5 Å². The maximum atomic E-state index is 12.3. The van der Waals surface area contributed by atoms with Gasteiger partial charge in [0.25, 0.3) is 0 Å². The summed E-state index contributed by atoms with van der Waals surface area (Å²) in [6.45, 7) is 10.4. The third kappa shape index (κ3) is 3.94. The molecule has 1 N–H and O–H groups in total. The molecule has 0 aromatic heterocycles. The lowest BCUT2D eigenvalue weighted by Crippen LogP contribution is -2.41. The SMILES string of the molecule is CC1CC(NC(=O)Cc2ccccc2)=CC=C1B1OC(C)(C)C(C)(C)O1. The Labute approximate surface area is 156 Å². The number of rotatable bonds is 4. The number of hydrogen-bond donors (Lipinski definition) is 1. The third-order valence-electron chi connectivity index (χ3n) is 5.60. The number of hydrogen-bond acceptors (Lipinski definition) is 3. The summed E-state index contributed by atoms with van der Waals surface area (Å²) in [6, 6.07) is 9.78. The highest BCUT2D eigenvalue weighted by molar-refractivity contribution is 6.54. The number of nitrogens with one attached hydrogen (secondary N) is 1. The average molecular weight is 353 g/mol. The lowest BCUT2D eigenvalue weighted by Gasteiger charge is -2.32. The third-order valence-corrected chi connectivity index (χ3v) is 5.60. The molecule has 1 atom stereocenters. The molecule has 138 valence electrons. The number of benzene rings is 1. The minimum absolute atomic E-state index is 0.0159. The van der Waals surface area contributed by atoms with E-state index in [-0.39, 0.29) is 30.1 Å².